The summed E-state index contributed by atoms with van der Waals surface area (Å²) in [6.45, 7) is 7.20. The number of hydrogen-bond donors (Lipinski definition) is 6. The zero-order chi connectivity index (χ0) is 36.8. The minimum atomic E-state index is -4.49. The number of nitrogens with zero attached hydrogens (tertiary/aromatic N) is 2. The van der Waals surface area contributed by atoms with Crippen molar-refractivity contribution in [1.29, 1.82) is 0 Å². The van der Waals surface area contributed by atoms with E-state index in [1.807, 2.05) is 27.7 Å². The van der Waals surface area contributed by atoms with Crippen LogP contribution in [0, 0.1) is 0 Å². The maximum Gasteiger partial charge on any atom is 0.331 e. The predicted molar refractivity (Wildman–Crippen MR) is 185 cm³/mol. The second kappa shape index (κ2) is 13.6. The lowest BCUT2D eigenvalue weighted by Gasteiger charge is -2.27. The molecule has 0 saturated carbocycles. The summed E-state index contributed by atoms with van der Waals surface area (Å²) in [5.74, 6) is 0. The number of anilines is 1. The molecule has 0 aromatic heterocycles. The van der Waals surface area contributed by atoms with Gasteiger partial charge in [-0.25, -0.2) is 0 Å². The molecule has 2 aromatic carbocycles. The largest absolute Gasteiger partial charge is 0.343 e. The van der Waals surface area contributed by atoms with Crippen LogP contribution in [0.2, 0.25) is 0 Å². The van der Waals surface area contributed by atoms with Gasteiger partial charge in [-0.2, -0.15) is 21.4 Å². The van der Waals surface area contributed by atoms with Crippen molar-refractivity contribution in [3.63, 3.8) is 0 Å². The summed E-state index contributed by atoms with van der Waals surface area (Å²) < 4.78 is 91.5. The second-order valence-electron chi connectivity index (χ2n) is 12.7. The monoisotopic (exact) mass is 757 g/mol. The highest BCUT2D eigenvalue weighted by Gasteiger charge is 2.45. The topological polar surface area (TPSA) is 230 Å². The third-order valence-electron chi connectivity index (χ3n) is 8.50. The van der Waals surface area contributed by atoms with E-state index in [0.29, 0.717) is 33.9 Å². The Morgan fingerprint density at radius 3 is 1.84 bits per heavy atom. The standard InChI is InChI=1S/C31H38N2O12P2S2/c1-30(2)24-20-22(48(40,41)42)12-14-26(24)32(16-18-46(34,35)36)28(30)10-8-6-5-7-9-11-29-31(3,4)25-21-23(49(43,44)45)13-15-27(25)33(29)17-19-47(37,38)39/h5-15,20-21H,16-19H2,1-4H3,(H5-,34,35,36,37,38,39,40,41,42,43,44,45)/p+1. The lowest BCUT2D eigenvalue weighted by atomic mass is 9.81. The summed E-state index contributed by atoms with van der Waals surface area (Å²) in [7, 11) is -17.7. The van der Waals surface area contributed by atoms with E-state index in [4.69, 9.17) is 0 Å². The quantitative estimate of drug-likeness (QED) is 0.0771. The molecule has 0 aliphatic carbocycles. The van der Waals surface area contributed by atoms with Crippen LogP contribution < -0.4 is 4.90 Å². The molecule has 0 spiro atoms. The normalized spacial score (nSPS) is 18.8. The molecule has 266 valence electrons. The highest BCUT2D eigenvalue weighted by atomic mass is 32.2. The van der Waals surface area contributed by atoms with Gasteiger partial charge in [0.05, 0.1) is 21.4 Å². The molecule has 0 unspecified atom stereocenters. The molecule has 0 amide bonds. The van der Waals surface area contributed by atoms with E-state index in [1.54, 1.807) is 52.0 Å². The van der Waals surface area contributed by atoms with E-state index in [0.717, 1.165) is 0 Å². The van der Waals surface area contributed by atoms with Crippen molar-refractivity contribution < 1.29 is 59.2 Å². The maximum absolute atomic E-state index is 11.8. The Morgan fingerprint density at radius 1 is 0.735 bits per heavy atom. The summed E-state index contributed by atoms with van der Waals surface area (Å²) in [6, 6.07) is 8.12. The van der Waals surface area contributed by atoms with Crippen LogP contribution >= 0.6 is 15.2 Å². The first-order valence-corrected chi connectivity index (χ1v) is 21.3. The Labute approximate surface area is 285 Å². The first-order valence-electron chi connectivity index (χ1n) is 14.8. The van der Waals surface area contributed by atoms with Crippen LogP contribution in [0.3, 0.4) is 0 Å². The first-order chi connectivity index (χ1) is 22.3. The van der Waals surface area contributed by atoms with Gasteiger partial charge in [0.1, 0.15) is 6.16 Å². The van der Waals surface area contributed by atoms with Crippen molar-refractivity contribution in [2.24, 2.45) is 0 Å². The molecular weight excluding hydrogens is 718 g/mol. The van der Waals surface area contributed by atoms with Gasteiger partial charge in [-0.3, -0.25) is 18.2 Å². The van der Waals surface area contributed by atoms with Crippen LogP contribution in [-0.2, 0) is 40.2 Å². The lowest BCUT2D eigenvalue weighted by molar-refractivity contribution is -0.432. The number of hydrogen-bond acceptors (Lipinski definition) is 7. The van der Waals surface area contributed by atoms with Crippen molar-refractivity contribution in [2.45, 2.75) is 48.3 Å². The smallest absolute Gasteiger partial charge is 0.331 e. The summed E-state index contributed by atoms with van der Waals surface area (Å²) in [6.07, 6.45) is 11.1. The highest BCUT2D eigenvalue weighted by Crippen LogP contribution is 2.49. The van der Waals surface area contributed by atoms with Crippen molar-refractivity contribution in [3.8, 4) is 0 Å². The van der Waals surface area contributed by atoms with Gasteiger partial charge < -0.3 is 24.5 Å². The van der Waals surface area contributed by atoms with Gasteiger partial charge >= 0.3 is 15.2 Å². The summed E-state index contributed by atoms with van der Waals surface area (Å²) in [4.78, 5) is 39.2. The molecule has 0 atom stereocenters. The molecule has 0 radical (unpaired) electrons. The van der Waals surface area contributed by atoms with Gasteiger partial charge in [-0.15, -0.1) is 0 Å². The van der Waals surface area contributed by atoms with Gasteiger partial charge in [-0.1, -0.05) is 44.2 Å². The van der Waals surface area contributed by atoms with Crippen molar-refractivity contribution in [2.75, 3.05) is 30.3 Å². The lowest BCUT2D eigenvalue weighted by Crippen LogP contribution is -2.28. The van der Waals surface area contributed by atoms with Crippen LogP contribution in [0.15, 0.2) is 94.4 Å². The Hall–Kier alpha value is -3.01. The second-order valence-corrected chi connectivity index (χ2v) is 19.1. The molecule has 18 heteroatoms. The van der Waals surface area contributed by atoms with E-state index in [2.05, 4.69) is 0 Å². The summed E-state index contributed by atoms with van der Waals surface area (Å²) in [5, 5.41) is 0. The fourth-order valence-corrected chi connectivity index (χ4v) is 7.99. The molecule has 0 saturated heterocycles. The molecule has 49 heavy (non-hydrogen) atoms. The van der Waals surface area contributed by atoms with E-state index in [9.17, 15) is 54.6 Å². The fraction of sp³-hybridized carbons (Fsp3) is 0.323. The molecule has 4 rings (SSSR count). The van der Waals surface area contributed by atoms with Crippen molar-refractivity contribution in [1.82, 2.24) is 0 Å². The van der Waals surface area contributed by atoms with Gasteiger partial charge in [-0.05, 0) is 55.8 Å². The Balaban J connectivity index is 1.63. The molecule has 2 aliphatic rings. The summed E-state index contributed by atoms with van der Waals surface area (Å²) >= 11 is 0. The highest BCUT2D eigenvalue weighted by molar-refractivity contribution is 7.86. The molecule has 2 heterocycles. The first kappa shape index (κ1) is 38.8. The Bertz CT molecular complexity index is 2140. The molecular formula is C31H39N2O12P2S2+. The zero-order valence-electron chi connectivity index (χ0n) is 27.1. The predicted octanol–water partition coefficient (Wildman–Crippen LogP) is 4.26. The SMILES string of the molecule is CC1(C)C(/C=C/C=C/C=C/C=C2/N(CCP(=O)(O)O)c3ccc(S(=O)(=O)O)cc3C2(C)C)=[N+](CCP(=O)(O)O)c2ccc(S(=O)(=O)O)cc21. The molecule has 6 N–H and O–H groups in total. The van der Waals surface area contributed by atoms with E-state index in [1.165, 1.54) is 36.4 Å². The number of fused-ring (bicyclic) bond motifs is 2. The van der Waals surface area contributed by atoms with Gasteiger partial charge in [0.25, 0.3) is 20.2 Å². The molecule has 0 bridgehead atoms. The Kier molecular flexibility index (Phi) is 10.8. The third kappa shape index (κ3) is 8.84. The minimum Gasteiger partial charge on any atom is -0.343 e. The third-order valence-corrected chi connectivity index (χ3v) is 11.8. The molecule has 14 nitrogen and oxygen atoms in total. The number of benzene rings is 2. The van der Waals surface area contributed by atoms with Gasteiger partial charge in [0.15, 0.2) is 12.3 Å². The van der Waals surface area contributed by atoms with Crippen LogP contribution in [0.1, 0.15) is 38.8 Å². The zero-order valence-corrected chi connectivity index (χ0v) is 30.5. The van der Waals surface area contributed by atoms with Crippen LogP contribution in [-0.4, -0.2) is 81.2 Å². The van der Waals surface area contributed by atoms with Crippen LogP contribution in [0.4, 0.5) is 11.4 Å². The van der Waals surface area contributed by atoms with E-state index >= 15 is 0 Å². The van der Waals surface area contributed by atoms with Gasteiger partial charge in [0.2, 0.25) is 5.69 Å². The fourth-order valence-electron chi connectivity index (χ4n) is 6.06. The summed E-state index contributed by atoms with van der Waals surface area (Å²) in [5.41, 5.74) is 1.87. The molecule has 0 fully saturated rings. The van der Waals surface area contributed by atoms with Crippen molar-refractivity contribution in [3.05, 3.63) is 95.8 Å². The number of rotatable bonds is 12. The maximum atomic E-state index is 11.8. The minimum absolute atomic E-state index is 0.0504. The average molecular weight is 758 g/mol. The molecule has 2 aliphatic heterocycles. The van der Waals surface area contributed by atoms with E-state index < -0.39 is 58.6 Å². The van der Waals surface area contributed by atoms with Gasteiger partial charge in [0, 0.05) is 41.1 Å². The molecule has 2 aromatic rings. The Morgan fingerprint density at radius 2 is 1.27 bits per heavy atom. The average Bonchev–Trinajstić information content (AvgIpc) is 3.30. The van der Waals surface area contributed by atoms with Crippen LogP contribution in [0.5, 0.6) is 0 Å². The van der Waals surface area contributed by atoms with E-state index in [-0.39, 0.29) is 22.9 Å². The number of allylic oxidation sites excluding steroid dienone is 8. The van der Waals surface area contributed by atoms with Crippen molar-refractivity contribution >= 4 is 52.5 Å². The van der Waals surface area contributed by atoms with Crippen LogP contribution in [0.25, 0.3) is 0 Å².